The molecule has 4 heterocycles. The third-order valence-electron chi connectivity index (χ3n) is 6.34. The molecule has 0 radical (unpaired) electrons. The molecule has 6 rings (SSSR count). The number of carbonyl (C=O) groups is 1. The van der Waals surface area contributed by atoms with Crippen molar-refractivity contribution in [3.8, 4) is 22.4 Å². The molecule has 5 aromatic rings. The summed E-state index contributed by atoms with van der Waals surface area (Å²) in [4.78, 5) is 21.0. The zero-order chi connectivity index (χ0) is 22.2. The predicted molar refractivity (Wildman–Crippen MR) is 130 cm³/mol. The first-order chi connectivity index (χ1) is 16.2. The van der Waals surface area contributed by atoms with E-state index in [0.29, 0.717) is 5.69 Å². The number of pyridine rings is 1. The summed E-state index contributed by atoms with van der Waals surface area (Å²) < 4.78 is 0. The van der Waals surface area contributed by atoms with Gasteiger partial charge in [0.15, 0.2) is 5.69 Å². The number of aromatic nitrogens is 4. The molecule has 0 atom stereocenters. The maximum Gasteiger partial charge on any atom is 0.272 e. The number of aromatic amines is 2. The Labute approximate surface area is 190 Å². The van der Waals surface area contributed by atoms with E-state index in [4.69, 9.17) is 0 Å². The third kappa shape index (κ3) is 3.76. The fraction of sp³-hybridized carbons (Fsp3) is 0.192. The van der Waals surface area contributed by atoms with Crippen LogP contribution in [-0.4, -0.2) is 45.2 Å². The van der Waals surface area contributed by atoms with E-state index in [1.807, 2.05) is 42.6 Å². The van der Waals surface area contributed by atoms with Gasteiger partial charge in [0.2, 0.25) is 0 Å². The standard InChI is InChI=1S/C26H24N6O/c33-26(29-20-8-10-27-11-9-20)24-21-13-17(6-7-22(21)31-32-24)19-12-18-14-23(30-25(18)28-15-19)16-4-2-1-3-5-16/h1-7,12-15,20,27H,8-11H2,(H,28,30)(H,29,33)(H,31,32). The minimum absolute atomic E-state index is 0.128. The fourth-order valence-corrected chi connectivity index (χ4v) is 4.53. The Morgan fingerprint density at radius 1 is 0.939 bits per heavy atom. The van der Waals surface area contributed by atoms with Crippen molar-refractivity contribution in [2.45, 2.75) is 18.9 Å². The second-order valence-corrected chi connectivity index (χ2v) is 8.54. The van der Waals surface area contributed by atoms with Crippen LogP contribution in [0.4, 0.5) is 0 Å². The molecule has 164 valence electrons. The average molecular weight is 437 g/mol. The second-order valence-electron chi connectivity index (χ2n) is 8.54. The van der Waals surface area contributed by atoms with E-state index in [-0.39, 0.29) is 11.9 Å². The Morgan fingerprint density at radius 3 is 2.64 bits per heavy atom. The van der Waals surface area contributed by atoms with Crippen LogP contribution in [-0.2, 0) is 0 Å². The zero-order valence-corrected chi connectivity index (χ0v) is 18.1. The molecular weight excluding hydrogens is 412 g/mol. The van der Waals surface area contributed by atoms with Gasteiger partial charge in [0.25, 0.3) is 5.91 Å². The summed E-state index contributed by atoms with van der Waals surface area (Å²) in [6.07, 6.45) is 3.74. The number of H-pyrrole nitrogens is 2. The van der Waals surface area contributed by atoms with Gasteiger partial charge in [-0.25, -0.2) is 4.98 Å². The maximum atomic E-state index is 12.9. The lowest BCUT2D eigenvalue weighted by Crippen LogP contribution is -2.42. The van der Waals surface area contributed by atoms with Crippen molar-refractivity contribution in [3.63, 3.8) is 0 Å². The Morgan fingerprint density at radius 2 is 1.79 bits per heavy atom. The van der Waals surface area contributed by atoms with Crippen LogP contribution in [0.2, 0.25) is 0 Å². The summed E-state index contributed by atoms with van der Waals surface area (Å²) in [6.45, 7) is 1.86. The van der Waals surface area contributed by atoms with Crippen LogP contribution in [0.3, 0.4) is 0 Å². The van der Waals surface area contributed by atoms with Crippen LogP contribution in [0.25, 0.3) is 44.3 Å². The van der Waals surface area contributed by atoms with Crippen LogP contribution < -0.4 is 10.6 Å². The van der Waals surface area contributed by atoms with Crippen molar-refractivity contribution >= 4 is 27.8 Å². The van der Waals surface area contributed by atoms with E-state index in [1.165, 1.54) is 0 Å². The minimum Gasteiger partial charge on any atom is -0.348 e. The first kappa shape index (κ1) is 19.7. The fourth-order valence-electron chi connectivity index (χ4n) is 4.53. The maximum absolute atomic E-state index is 12.9. The molecule has 1 amide bonds. The lowest BCUT2D eigenvalue weighted by molar-refractivity contribution is 0.0926. The number of hydrogen-bond donors (Lipinski definition) is 4. The summed E-state index contributed by atoms with van der Waals surface area (Å²) in [5.41, 5.74) is 6.29. The van der Waals surface area contributed by atoms with Gasteiger partial charge in [-0.05, 0) is 61.3 Å². The Kier molecular flexibility index (Phi) is 4.88. The molecular formula is C26H24N6O. The number of carbonyl (C=O) groups excluding carboxylic acids is 1. The van der Waals surface area contributed by atoms with Crippen LogP contribution in [0.15, 0.2) is 66.9 Å². The monoisotopic (exact) mass is 436 g/mol. The highest BCUT2D eigenvalue weighted by atomic mass is 16.2. The molecule has 0 saturated carbocycles. The smallest absolute Gasteiger partial charge is 0.272 e. The van der Waals surface area contributed by atoms with E-state index in [0.717, 1.165) is 70.3 Å². The molecule has 0 unspecified atom stereocenters. The number of piperidine rings is 1. The van der Waals surface area contributed by atoms with Gasteiger partial charge in [0.05, 0.1) is 5.52 Å². The number of hydrogen-bond acceptors (Lipinski definition) is 4. The highest BCUT2D eigenvalue weighted by Gasteiger charge is 2.20. The lowest BCUT2D eigenvalue weighted by atomic mass is 10.0. The summed E-state index contributed by atoms with van der Waals surface area (Å²) in [6, 6.07) is 20.7. The molecule has 33 heavy (non-hydrogen) atoms. The summed E-state index contributed by atoms with van der Waals surface area (Å²) in [5, 5.41) is 15.6. The van der Waals surface area contributed by atoms with Crippen molar-refractivity contribution in [2.24, 2.45) is 0 Å². The van der Waals surface area contributed by atoms with Gasteiger partial charge in [-0.1, -0.05) is 36.4 Å². The number of benzene rings is 2. The molecule has 7 heteroatoms. The van der Waals surface area contributed by atoms with E-state index < -0.39 is 0 Å². The Bertz CT molecular complexity index is 1450. The van der Waals surface area contributed by atoms with Gasteiger partial charge in [-0.15, -0.1) is 0 Å². The quantitative estimate of drug-likeness (QED) is 0.338. The Balaban J connectivity index is 1.33. The normalized spacial score (nSPS) is 14.7. The molecule has 2 aromatic carbocycles. The lowest BCUT2D eigenvalue weighted by Gasteiger charge is -2.23. The molecule has 3 aromatic heterocycles. The van der Waals surface area contributed by atoms with Gasteiger partial charge in [-0.3, -0.25) is 9.89 Å². The third-order valence-corrected chi connectivity index (χ3v) is 6.34. The molecule has 0 aliphatic carbocycles. The number of nitrogens with zero attached hydrogens (tertiary/aromatic N) is 2. The van der Waals surface area contributed by atoms with Gasteiger partial charge >= 0.3 is 0 Å². The van der Waals surface area contributed by atoms with Gasteiger partial charge < -0.3 is 15.6 Å². The summed E-state index contributed by atoms with van der Waals surface area (Å²) >= 11 is 0. The largest absolute Gasteiger partial charge is 0.348 e. The summed E-state index contributed by atoms with van der Waals surface area (Å²) in [7, 11) is 0. The Hall–Kier alpha value is -3.97. The second kappa shape index (κ2) is 8.18. The molecule has 1 fully saturated rings. The van der Waals surface area contributed by atoms with Crippen molar-refractivity contribution < 1.29 is 4.79 Å². The van der Waals surface area contributed by atoms with Crippen molar-refractivity contribution in [1.29, 1.82) is 0 Å². The van der Waals surface area contributed by atoms with Gasteiger partial charge in [0.1, 0.15) is 5.65 Å². The highest BCUT2D eigenvalue weighted by Crippen LogP contribution is 2.29. The average Bonchev–Trinajstić information content (AvgIpc) is 3.48. The van der Waals surface area contributed by atoms with E-state index >= 15 is 0 Å². The van der Waals surface area contributed by atoms with E-state index in [1.54, 1.807) is 0 Å². The number of rotatable bonds is 4. The SMILES string of the molecule is O=C(NC1CCNCC1)c1n[nH]c2ccc(-c3cnc4[nH]c(-c5ccccc5)cc4c3)cc12. The van der Waals surface area contributed by atoms with Crippen LogP contribution in [0, 0.1) is 0 Å². The van der Waals surface area contributed by atoms with Crippen molar-refractivity contribution in [3.05, 3.63) is 72.6 Å². The topological polar surface area (TPSA) is 98.5 Å². The molecule has 7 nitrogen and oxygen atoms in total. The van der Waals surface area contributed by atoms with Gasteiger partial charge in [-0.2, -0.15) is 5.10 Å². The van der Waals surface area contributed by atoms with Crippen LogP contribution in [0.1, 0.15) is 23.3 Å². The zero-order valence-electron chi connectivity index (χ0n) is 18.1. The summed E-state index contributed by atoms with van der Waals surface area (Å²) in [5.74, 6) is -0.128. The highest BCUT2D eigenvalue weighted by molar-refractivity contribution is 6.06. The first-order valence-electron chi connectivity index (χ1n) is 11.3. The van der Waals surface area contributed by atoms with Crippen LogP contribution >= 0.6 is 0 Å². The number of nitrogens with one attached hydrogen (secondary N) is 4. The van der Waals surface area contributed by atoms with Crippen molar-refractivity contribution in [2.75, 3.05) is 13.1 Å². The number of amides is 1. The molecule has 0 bridgehead atoms. The molecule has 0 spiro atoms. The number of fused-ring (bicyclic) bond motifs is 2. The predicted octanol–water partition coefficient (Wildman–Crippen LogP) is 4.26. The molecule has 1 aliphatic rings. The van der Waals surface area contributed by atoms with Gasteiger partial charge in [0, 0.05) is 34.3 Å². The first-order valence-corrected chi connectivity index (χ1v) is 11.3. The molecule has 4 N–H and O–H groups in total. The van der Waals surface area contributed by atoms with Crippen molar-refractivity contribution in [1.82, 2.24) is 30.8 Å². The van der Waals surface area contributed by atoms with Crippen LogP contribution in [0.5, 0.6) is 0 Å². The molecule has 1 saturated heterocycles. The molecule has 1 aliphatic heterocycles. The minimum atomic E-state index is -0.128. The van der Waals surface area contributed by atoms with E-state index in [2.05, 4.69) is 55.1 Å². The van der Waals surface area contributed by atoms with E-state index in [9.17, 15) is 4.79 Å².